The van der Waals surface area contributed by atoms with Gasteiger partial charge in [-0.05, 0) is 12.3 Å². The molecule has 7 heteroatoms. The number of anilines is 1. The van der Waals surface area contributed by atoms with Crippen molar-refractivity contribution in [1.29, 1.82) is 0 Å². The first kappa shape index (κ1) is 13.7. The lowest BCUT2D eigenvalue weighted by molar-refractivity contribution is -0.385. The molecule has 0 aromatic heterocycles. The number of rotatable bonds is 2. The van der Waals surface area contributed by atoms with E-state index in [0.29, 0.717) is 31.6 Å². The van der Waals surface area contributed by atoms with Crippen LogP contribution in [0.4, 0.5) is 20.2 Å². The van der Waals surface area contributed by atoms with Crippen molar-refractivity contribution in [3.05, 3.63) is 33.9 Å². The normalized spacial score (nSPS) is 23.5. The zero-order valence-corrected chi connectivity index (χ0v) is 10.3. The molecule has 0 amide bonds. The molecule has 2 rings (SSSR count). The van der Waals surface area contributed by atoms with Gasteiger partial charge in [0, 0.05) is 13.1 Å². The maximum absolute atomic E-state index is 13.8. The van der Waals surface area contributed by atoms with E-state index in [4.69, 9.17) is 0 Å². The third-order valence-electron chi connectivity index (χ3n) is 3.39. The Labute approximate surface area is 108 Å². The predicted octanol–water partition coefficient (Wildman–Crippen LogP) is 2.08. The van der Waals surface area contributed by atoms with Crippen LogP contribution in [0, 0.1) is 27.7 Å². The van der Waals surface area contributed by atoms with Crippen LogP contribution in [0.2, 0.25) is 0 Å². The number of nitrogens with zero attached hydrogens (tertiary/aromatic N) is 2. The monoisotopic (exact) mass is 272 g/mol. The number of halogens is 2. The maximum atomic E-state index is 13.8. The van der Waals surface area contributed by atoms with E-state index in [2.05, 4.69) is 0 Å². The summed E-state index contributed by atoms with van der Waals surface area (Å²) in [5, 5.41) is 20.1. The lowest BCUT2D eigenvalue weighted by Gasteiger charge is -2.36. The Kier molecular flexibility index (Phi) is 3.66. The Bertz CT molecular complexity index is 487. The van der Waals surface area contributed by atoms with Crippen molar-refractivity contribution in [3.63, 3.8) is 0 Å². The van der Waals surface area contributed by atoms with Gasteiger partial charge in [0.1, 0.15) is 5.69 Å². The van der Waals surface area contributed by atoms with Crippen LogP contribution in [0.15, 0.2) is 12.1 Å². The van der Waals surface area contributed by atoms with Crippen molar-refractivity contribution in [3.8, 4) is 0 Å². The highest BCUT2D eigenvalue weighted by Crippen LogP contribution is 2.31. The Balaban J connectivity index is 2.33. The maximum Gasteiger partial charge on any atom is 0.275 e. The van der Waals surface area contributed by atoms with Crippen LogP contribution in [0.5, 0.6) is 0 Å². The second-order valence-corrected chi connectivity index (χ2v) is 4.79. The zero-order valence-electron chi connectivity index (χ0n) is 10.3. The first-order valence-corrected chi connectivity index (χ1v) is 5.96. The fourth-order valence-electron chi connectivity index (χ4n) is 2.30. The molecule has 1 saturated heterocycles. The summed E-state index contributed by atoms with van der Waals surface area (Å²) in [6.45, 7) is 2.42. The topological polar surface area (TPSA) is 66.6 Å². The summed E-state index contributed by atoms with van der Waals surface area (Å²) in [4.78, 5) is 11.2. The number of nitro benzene ring substituents is 1. The second kappa shape index (κ2) is 5.08. The highest BCUT2D eigenvalue weighted by Gasteiger charge is 2.29. The Morgan fingerprint density at radius 3 is 2.47 bits per heavy atom. The van der Waals surface area contributed by atoms with Crippen LogP contribution in [0.3, 0.4) is 0 Å². The van der Waals surface area contributed by atoms with Crippen molar-refractivity contribution >= 4 is 11.4 Å². The molecule has 1 aromatic carbocycles. The molecule has 5 nitrogen and oxygen atoms in total. The van der Waals surface area contributed by atoms with E-state index in [0.717, 1.165) is 0 Å². The Hall–Kier alpha value is -1.76. The van der Waals surface area contributed by atoms with Crippen LogP contribution in [0.25, 0.3) is 0 Å². The minimum Gasteiger partial charge on any atom is -0.393 e. The number of piperidine rings is 1. The molecule has 1 N–H and O–H groups in total. The molecule has 0 saturated carbocycles. The first-order chi connectivity index (χ1) is 8.90. The van der Waals surface area contributed by atoms with E-state index < -0.39 is 28.3 Å². The molecular formula is C12H14F2N2O3. The van der Waals surface area contributed by atoms with Gasteiger partial charge in [-0.1, -0.05) is 6.92 Å². The number of aliphatic hydroxyl groups excluding tert-OH is 1. The van der Waals surface area contributed by atoms with Gasteiger partial charge in [0.05, 0.1) is 23.2 Å². The number of hydrogen-bond donors (Lipinski definition) is 1. The molecule has 2 unspecified atom stereocenters. The molecule has 1 heterocycles. The smallest absolute Gasteiger partial charge is 0.275 e. The van der Waals surface area contributed by atoms with Crippen molar-refractivity contribution in [1.82, 2.24) is 0 Å². The predicted molar refractivity (Wildman–Crippen MR) is 65.0 cm³/mol. The van der Waals surface area contributed by atoms with Gasteiger partial charge in [-0.15, -0.1) is 0 Å². The number of non-ortho nitro benzene ring substituents is 1. The quantitative estimate of drug-likeness (QED) is 0.661. The highest BCUT2D eigenvalue weighted by molar-refractivity contribution is 5.54. The molecule has 0 radical (unpaired) electrons. The summed E-state index contributed by atoms with van der Waals surface area (Å²) in [7, 11) is 0. The SMILES string of the molecule is CC1CN(c2c(F)cc([N+](=O)[O-])cc2F)CCC1O. The van der Waals surface area contributed by atoms with Gasteiger partial charge in [0.25, 0.3) is 5.69 Å². The van der Waals surface area contributed by atoms with E-state index in [1.807, 2.05) is 0 Å². The van der Waals surface area contributed by atoms with Gasteiger partial charge in [-0.2, -0.15) is 0 Å². The molecule has 19 heavy (non-hydrogen) atoms. The van der Waals surface area contributed by atoms with Crippen LogP contribution >= 0.6 is 0 Å². The highest BCUT2D eigenvalue weighted by atomic mass is 19.1. The van der Waals surface area contributed by atoms with Crippen molar-refractivity contribution in [2.75, 3.05) is 18.0 Å². The average molecular weight is 272 g/mol. The average Bonchev–Trinajstić information content (AvgIpc) is 2.32. The van der Waals surface area contributed by atoms with Crippen LogP contribution in [-0.4, -0.2) is 29.2 Å². The third kappa shape index (κ3) is 2.65. The molecule has 2 atom stereocenters. The number of aliphatic hydroxyl groups is 1. The van der Waals surface area contributed by atoms with E-state index in [1.165, 1.54) is 4.90 Å². The van der Waals surface area contributed by atoms with E-state index >= 15 is 0 Å². The van der Waals surface area contributed by atoms with E-state index in [9.17, 15) is 24.0 Å². The van der Waals surface area contributed by atoms with Gasteiger partial charge in [-0.25, -0.2) is 8.78 Å². The van der Waals surface area contributed by atoms with E-state index in [1.54, 1.807) is 6.92 Å². The molecule has 1 aromatic rings. The summed E-state index contributed by atoms with van der Waals surface area (Å²) in [6, 6.07) is 1.43. The van der Waals surface area contributed by atoms with Gasteiger partial charge >= 0.3 is 0 Å². The van der Waals surface area contributed by atoms with Gasteiger partial charge in [-0.3, -0.25) is 10.1 Å². The molecule has 0 bridgehead atoms. The molecular weight excluding hydrogens is 258 g/mol. The fraction of sp³-hybridized carbons (Fsp3) is 0.500. The summed E-state index contributed by atoms with van der Waals surface area (Å²) < 4.78 is 27.7. The Morgan fingerprint density at radius 2 is 2.00 bits per heavy atom. The van der Waals surface area contributed by atoms with Crippen LogP contribution in [-0.2, 0) is 0 Å². The standard InChI is InChI=1S/C12H14F2N2O3/c1-7-6-15(3-2-11(7)17)12-9(13)4-8(16(18)19)5-10(12)14/h4-5,7,11,17H,2-3,6H2,1H3. The minimum atomic E-state index is -0.949. The van der Waals surface area contributed by atoms with E-state index in [-0.39, 0.29) is 11.6 Å². The fourth-order valence-corrected chi connectivity index (χ4v) is 2.30. The van der Waals surface area contributed by atoms with Gasteiger partial charge in [0.15, 0.2) is 11.6 Å². The Morgan fingerprint density at radius 1 is 1.42 bits per heavy atom. The zero-order chi connectivity index (χ0) is 14.2. The summed E-state index contributed by atoms with van der Waals surface area (Å²) in [5.41, 5.74) is -0.867. The molecule has 0 spiro atoms. The lowest BCUT2D eigenvalue weighted by Crippen LogP contribution is -2.42. The number of hydrogen-bond acceptors (Lipinski definition) is 4. The number of nitro groups is 1. The largest absolute Gasteiger partial charge is 0.393 e. The van der Waals surface area contributed by atoms with Crippen molar-refractivity contribution in [2.24, 2.45) is 5.92 Å². The first-order valence-electron chi connectivity index (χ1n) is 5.96. The second-order valence-electron chi connectivity index (χ2n) is 4.79. The van der Waals surface area contributed by atoms with Crippen LogP contribution in [0.1, 0.15) is 13.3 Å². The lowest BCUT2D eigenvalue weighted by atomic mass is 9.96. The van der Waals surface area contributed by atoms with Crippen LogP contribution < -0.4 is 4.90 Å². The molecule has 0 aliphatic carbocycles. The minimum absolute atomic E-state index is 0.109. The summed E-state index contributed by atoms with van der Waals surface area (Å²) in [5.74, 6) is -2.01. The third-order valence-corrected chi connectivity index (χ3v) is 3.39. The van der Waals surface area contributed by atoms with Gasteiger partial charge in [0.2, 0.25) is 0 Å². The molecule has 1 aliphatic rings. The summed E-state index contributed by atoms with van der Waals surface area (Å²) in [6.07, 6.45) is -0.0720. The molecule has 1 fully saturated rings. The van der Waals surface area contributed by atoms with Crippen molar-refractivity contribution < 1.29 is 18.8 Å². The summed E-state index contributed by atoms with van der Waals surface area (Å²) >= 11 is 0. The molecule has 104 valence electrons. The van der Waals surface area contributed by atoms with Crippen molar-refractivity contribution in [2.45, 2.75) is 19.4 Å². The molecule has 1 aliphatic heterocycles. The number of benzene rings is 1. The van der Waals surface area contributed by atoms with Gasteiger partial charge < -0.3 is 10.0 Å².